The van der Waals surface area contributed by atoms with Gasteiger partial charge in [-0.1, -0.05) is 59.2 Å². The summed E-state index contributed by atoms with van der Waals surface area (Å²) in [5, 5.41) is 0. The number of allylic oxidation sites excluding steroid dienone is 2. The minimum atomic E-state index is -0.307. The summed E-state index contributed by atoms with van der Waals surface area (Å²) in [6.45, 7) is 15.2. The zero-order chi connectivity index (χ0) is 16.0. The van der Waals surface area contributed by atoms with Crippen molar-refractivity contribution in [3.05, 3.63) is 45.2 Å². The van der Waals surface area contributed by atoms with E-state index in [0.717, 1.165) is 5.56 Å². The smallest absolute Gasteiger partial charge is 0.266 e. The molecule has 0 N–H and O–H groups in total. The normalized spacial score (nSPS) is 16.1. The molecule has 0 aromatic heterocycles. The molecule has 1 aromatic rings. The molecule has 2 nitrogen and oxygen atoms in total. The zero-order valence-electron chi connectivity index (χ0n) is 14.1. The summed E-state index contributed by atoms with van der Waals surface area (Å²) < 4.78 is 4.50. The Kier molecular flexibility index (Phi) is 4.00. The van der Waals surface area contributed by atoms with E-state index in [-0.39, 0.29) is 27.4 Å². The first-order chi connectivity index (χ1) is 9.51. The van der Waals surface area contributed by atoms with E-state index in [1.807, 2.05) is 31.2 Å². The van der Waals surface area contributed by atoms with E-state index in [1.54, 1.807) is 0 Å². The van der Waals surface area contributed by atoms with E-state index >= 15 is 0 Å². The van der Waals surface area contributed by atoms with Gasteiger partial charge in [-0.15, -0.1) is 0 Å². The second kappa shape index (κ2) is 5.20. The fourth-order valence-corrected chi connectivity index (χ4v) is 4.94. The van der Waals surface area contributed by atoms with Gasteiger partial charge in [-0.3, -0.25) is 4.79 Å². The molecule has 2 rings (SSSR count). The average molecular weight is 303 g/mol. The van der Waals surface area contributed by atoms with Crippen molar-refractivity contribution in [3.63, 3.8) is 0 Å². The van der Waals surface area contributed by atoms with Crippen molar-refractivity contribution in [2.75, 3.05) is 0 Å². The topological polar surface area (TPSA) is 29.4 Å². The number of aryl methyl sites for hydroxylation is 1. The van der Waals surface area contributed by atoms with Crippen LogP contribution < -0.4 is 0 Å². The standard InChI is InChI=1S/C18H25NOS/c1-12-8-10-13(11-9-12)16(20)19-21-14(17(2,3)4)15(21)18(5,6)7/h8-11H,1-7H3. The van der Waals surface area contributed by atoms with E-state index < -0.39 is 0 Å². The molecule has 0 saturated carbocycles. The molecule has 21 heavy (non-hydrogen) atoms. The molecule has 1 heterocycles. The lowest BCUT2D eigenvalue weighted by Crippen LogP contribution is -2.04. The number of rotatable bonds is 1. The number of amides is 1. The first kappa shape index (κ1) is 16.2. The summed E-state index contributed by atoms with van der Waals surface area (Å²) in [6, 6.07) is 7.65. The van der Waals surface area contributed by atoms with Crippen molar-refractivity contribution < 1.29 is 4.79 Å². The number of carbonyl (C=O) groups excluding carboxylic acids is 1. The molecule has 3 heteroatoms. The molecule has 0 unspecified atom stereocenters. The fourth-order valence-electron chi connectivity index (χ4n) is 2.33. The van der Waals surface area contributed by atoms with Gasteiger partial charge in [0.25, 0.3) is 5.91 Å². The van der Waals surface area contributed by atoms with Crippen molar-refractivity contribution >= 4 is 16.6 Å². The number of nitrogens with zero attached hydrogens (tertiary/aromatic N) is 1. The van der Waals surface area contributed by atoms with Crippen LogP contribution in [0.2, 0.25) is 0 Å². The lowest BCUT2D eigenvalue weighted by atomic mass is 9.89. The van der Waals surface area contributed by atoms with E-state index in [0.29, 0.717) is 5.56 Å². The van der Waals surface area contributed by atoms with Crippen molar-refractivity contribution in [1.29, 1.82) is 0 Å². The van der Waals surface area contributed by atoms with Crippen LogP contribution in [0.1, 0.15) is 57.5 Å². The van der Waals surface area contributed by atoms with Crippen LogP contribution in [0, 0.1) is 17.8 Å². The van der Waals surface area contributed by atoms with Crippen molar-refractivity contribution in [3.8, 4) is 0 Å². The van der Waals surface area contributed by atoms with Gasteiger partial charge in [-0.05, 0) is 40.6 Å². The maximum atomic E-state index is 12.4. The third-order valence-electron chi connectivity index (χ3n) is 3.39. The van der Waals surface area contributed by atoms with Crippen LogP contribution >= 0.6 is 0 Å². The quantitative estimate of drug-likeness (QED) is 0.696. The minimum absolute atomic E-state index is 0.0861. The summed E-state index contributed by atoms with van der Waals surface area (Å²) in [6.07, 6.45) is 0. The van der Waals surface area contributed by atoms with Gasteiger partial charge in [0.1, 0.15) is 0 Å². The van der Waals surface area contributed by atoms with Crippen molar-refractivity contribution in [2.45, 2.75) is 48.5 Å². The Bertz CT molecular complexity index is 611. The largest absolute Gasteiger partial charge is 0.283 e. The Balaban J connectivity index is 2.31. The van der Waals surface area contributed by atoms with E-state index in [9.17, 15) is 4.79 Å². The van der Waals surface area contributed by atoms with Crippen molar-refractivity contribution in [2.24, 2.45) is 15.2 Å². The minimum Gasteiger partial charge on any atom is -0.266 e. The number of hydrogen-bond donors (Lipinski definition) is 0. The van der Waals surface area contributed by atoms with Gasteiger partial charge in [-0.2, -0.15) is 4.36 Å². The van der Waals surface area contributed by atoms with Crippen LogP contribution in [0.4, 0.5) is 0 Å². The zero-order valence-corrected chi connectivity index (χ0v) is 14.9. The molecular weight excluding hydrogens is 278 g/mol. The lowest BCUT2D eigenvalue weighted by molar-refractivity contribution is 0.101. The summed E-state index contributed by atoms with van der Waals surface area (Å²) in [4.78, 5) is 15.1. The third kappa shape index (κ3) is 3.52. The van der Waals surface area contributed by atoms with Gasteiger partial charge in [0.15, 0.2) is 0 Å². The van der Waals surface area contributed by atoms with E-state index in [2.05, 4.69) is 45.9 Å². The molecule has 114 valence electrons. The highest BCUT2D eigenvalue weighted by molar-refractivity contribution is 8.02. The van der Waals surface area contributed by atoms with Gasteiger partial charge in [0.05, 0.1) is 0 Å². The Labute approximate surface area is 130 Å². The van der Waals surface area contributed by atoms with Crippen LogP contribution in [-0.2, 0) is 10.7 Å². The molecule has 1 amide bonds. The molecule has 0 spiro atoms. The van der Waals surface area contributed by atoms with Crippen molar-refractivity contribution in [1.82, 2.24) is 0 Å². The summed E-state index contributed by atoms with van der Waals surface area (Å²) in [7, 11) is -0.307. The average Bonchev–Trinajstić information content (AvgIpc) is 3.03. The summed E-state index contributed by atoms with van der Waals surface area (Å²) in [5.41, 5.74) is 2.01. The predicted molar refractivity (Wildman–Crippen MR) is 91.2 cm³/mol. The number of benzene rings is 1. The van der Waals surface area contributed by atoms with Crippen LogP contribution in [0.5, 0.6) is 0 Å². The predicted octanol–water partition coefficient (Wildman–Crippen LogP) is 5.25. The molecule has 1 aliphatic rings. The van der Waals surface area contributed by atoms with Crippen LogP contribution in [0.25, 0.3) is 0 Å². The maximum Gasteiger partial charge on any atom is 0.283 e. The molecule has 0 aliphatic carbocycles. The highest BCUT2D eigenvalue weighted by Gasteiger charge is 2.45. The van der Waals surface area contributed by atoms with Gasteiger partial charge < -0.3 is 0 Å². The molecule has 0 bridgehead atoms. The molecule has 1 aromatic carbocycles. The van der Waals surface area contributed by atoms with E-state index in [1.165, 1.54) is 9.81 Å². The molecular formula is C18H25NOS. The first-order valence-corrected chi connectivity index (χ1v) is 8.52. The number of hydrogen-bond acceptors (Lipinski definition) is 1. The maximum absolute atomic E-state index is 12.4. The molecule has 0 atom stereocenters. The fraction of sp³-hybridized carbons (Fsp3) is 0.500. The highest BCUT2D eigenvalue weighted by atomic mass is 32.2. The van der Waals surface area contributed by atoms with Crippen LogP contribution in [0.15, 0.2) is 38.4 Å². The first-order valence-electron chi connectivity index (χ1n) is 7.34. The highest BCUT2D eigenvalue weighted by Crippen LogP contribution is 2.54. The Morgan fingerprint density at radius 1 is 0.905 bits per heavy atom. The third-order valence-corrected chi connectivity index (χ3v) is 5.94. The lowest BCUT2D eigenvalue weighted by Gasteiger charge is -2.14. The Morgan fingerprint density at radius 3 is 1.71 bits per heavy atom. The van der Waals surface area contributed by atoms with Gasteiger partial charge in [-0.25, -0.2) is 0 Å². The summed E-state index contributed by atoms with van der Waals surface area (Å²) >= 11 is 0. The summed E-state index contributed by atoms with van der Waals surface area (Å²) in [5.74, 6) is -0.0978. The molecule has 0 radical (unpaired) electrons. The second-order valence-electron chi connectivity index (χ2n) is 7.71. The van der Waals surface area contributed by atoms with Gasteiger partial charge in [0.2, 0.25) is 0 Å². The van der Waals surface area contributed by atoms with Crippen LogP contribution in [-0.4, -0.2) is 5.91 Å². The molecule has 1 aliphatic heterocycles. The van der Waals surface area contributed by atoms with E-state index in [4.69, 9.17) is 0 Å². The Hall–Kier alpha value is -1.22. The molecule has 0 fully saturated rings. The monoisotopic (exact) mass is 303 g/mol. The van der Waals surface area contributed by atoms with Gasteiger partial charge in [0, 0.05) is 15.4 Å². The molecule has 0 saturated heterocycles. The Morgan fingerprint density at radius 2 is 1.33 bits per heavy atom. The van der Waals surface area contributed by atoms with Gasteiger partial charge >= 0.3 is 0 Å². The second-order valence-corrected chi connectivity index (χ2v) is 9.27. The van der Waals surface area contributed by atoms with Crippen LogP contribution in [0.3, 0.4) is 0 Å². The number of carbonyl (C=O) groups is 1. The SMILES string of the molecule is Cc1ccc(C(=O)N=S2C(C(C)(C)C)=C2C(C)(C)C)cc1.